The number of carbonyl (C=O) groups is 1. The molecule has 1 aromatic heterocycles. The van der Waals surface area contributed by atoms with E-state index < -0.39 is 21.5 Å². The fraction of sp³-hybridized carbons (Fsp3) is 0.0476. The molecule has 0 aliphatic rings. The van der Waals surface area contributed by atoms with E-state index >= 15 is 0 Å². The van der Waals surface area contributed by atoms with Crippen LogP contribution in [-0.4, -0.2) is 25.1 Å². The van der Waals surface area contributed by atoms with Gasteiger partial charge in [0.1, 0.15) is 5.75 Å². The minimum atomic E-state index is -3.76. The number of hydrogen-bond donors (Lipinski definition) is 1. The summed E-state index contributed by atoms with van der Waals surface area (Å²) in [6.45, 7) is 0. The molecule has 0 bridgehead atoms. The van der Waals surface area contributed by atoms with Crippen molar-refractivity contribution in [3.63, 3.8) is 0 Å². The molecule has 1 N–H and O–H groups in total. The minimum absolute atomic E-state index is 0.0487. The maximum atomic E-state index is 12.4. The number of fused-ring (bicyclic) bond motifs is 1. The summed E-state index contributed by atoms with van der Waals surface area (Å²) >= 11 is 7.03. The Kier molecular flexibility index (Phi) is 5.36. The molecule has 5 nitrogen and oxygen atoms in total. The molecular formula is C21H15ClN2O3S2. The van der Waals surface area contributed by atoms with Crippen LogP contribution < -0.4 is 5.32 Å². The monoisotopic (exact) mass is 442 g/mol. The van der Waals surface area contributed by atoms with E-state index in [2.05, 4.69) is 10.3 Å². The first kappa shape index (κ1) is 19.6. The molecule has 0 fully saturated rings. The molecule has 0 atom stereocenters. The van der Waals surface area contributed by atoms with E-state index in [1.54, 1.807) is 0 Å². The zero-order valence-electron chi connectivity index (χ0n) is 15.0. The standard InChI is InChI=1S/C21H15ClN2O3S2/c22-15-8-10-16(11-9-15)29(26,27)13-20(25)24-21-23-19(12-28-21)18-7-3-5-14-4-1-2-6-17(14)18/h1-12H,13H2,(H,23,24,25). The summed E-state index contributed by atoms with van der Waals surface area (Å²) in [6.07, 6.45) is 0. The fourth-order valence-electron chi connectivity index (χ4n) is 2.96. The average molecular weight is 443 g/mol. The quantitative estimate of drug-likeness (QED) is 0.470. The molecule has 1 heterocycles. The third-order valence-electron chi connectivity index (χ3n) is 4.31. The predicted molar refractivity (Wildman–Crippen MR) is 117 cm³/mol. The Morgan fingerprint density at radius 2 is 1.72 bits per heavy atom. The van der Waals surface area contributed by atoms with Crippen LogP contribution in [0.4, 0.5) is 5.13 Å². The van der Waals surface area contributed by atoms with Crippen LogP contribution in [0.5, 0.6) is 0 Å². The third-order valence-corrected chi connectivity index (χ3v) is 6.95. The molecule has 0 unspecified atom stereocenters. The number of halogens is 1. The lowest BCUT2D eigenvalue weighted by Crippen LogP contribution is -2.22. The molecule has 146 valence electrons. The highest BCUT2D eigenvalue weighted by atomic mass is 35.5. The van der Waals surface area contributed by atoms with Crippen LogP contribution in [0.25, 0.3) is 22.0 Å². The lowest BCUT2D eigenvalue weighted by atomic mass is 10.0. The molecular weight excluding hydrogens is 428 g/mol. The van der Waals surface area contributed by atoms with Gasteiger partial charge in [-0.05, 0) is 35.0 Å². The first-order chi connectivity index (χ1) is 13.9. The van der Waals surface area contributed by atoms with Crippen molar-refractivity contribution in [2.45, 2.75) is 4.90 Å². The van der Waals surface area contributed by atoms with E-state index in [0.717, 1.165) is 22.0 Å². The fourth-order valence-corrected chi connectivity index (χ4v) is 4.94. The normalized spacial score (nSPS) is 11.5. The number of nitrogens with one attached hydrogen (secondary N) is 1. The van der Waals surface area contributed by atoms with E-state index in [1.807, 2.05) is 47.8 Å². The smallest absolute Gasteiger partial charge is 0.241 e. The first-order valence-corrected chi connectivity index (χ1v) is 11.6. The Morgan fingerprint density at radius 3 is 2.52 bits per heavy atom. The van der Waals surface area contributed by atoms with Crippen molar-refractivity contribution in [1.29, 1.82) is 0 Å². The van der Waals surface area contributed by atoms with E-state index in [9.17, 15) is 13.2 Å². The average Bonchev–Trinajstić information content (AvgIpc) is 3.15. The zero-order valence-corrected chi connectivity index (χ0v) is 17.4. The van der Waals surface area contributed by atoms with Gasteiger partial charge in [0.25, 0.3) is 0 Å². The number of thiazole rings is 1. The summed E-state index contributed by atoms with van der Waals surface area (Å²) < 4.78 is 24.8. The Morgan fingerprint density at radius 1 is 1.00 bits per heavy atom. The van der Waals surface area contributed by atoms with Crippen molar-refractivity contribution in [2.24, 2.45) is 0 Å². The summed E-state index contributed by atoms with van der Waals surface area (Å²) in [5.74, 6) is -1.31. The zero-order chi connectivity index (χ0) is 20.4. The molecule has 4 aromatic rings. The van der Waals surface area contributed by atoms with Gasteiger partial charge in [0.2, 0.25) is 5.91 Å². The summed E-state index contributed by atoms with van der Waals surface area (Å²) in [7, 11) is -3.76. The van der Waals surface area contributed by atoms with Gasteiger partial charge in [-0.1, -0.05) is 54.1 Å². The van der Waals surface area contributed by atoms with Crippen LogP contribution in [-0.2, 0) is 14.6 Å². The number of benzene rings is 3. The topological polar surface area (TPSA) is 76.1 Å². The number of amides is 1. The van der Waals surface area contributed by atoms with Crippen LogP contribution in [0.2, 0.25) is 5.02 Å². The lowest BCUT2D eigenvalue weighted by molar-refractivity contribution is -0.113. The molecule has 0 radical (unpaired) electrons. The van der Waals surface area contributed by atoms with Crippen LogP contribution in [0.1, 0.15) is 0 Å². The number of anilines is 1. The van der Waals surface area contributed by atoms with E-state index in [4.69, 9.17) is 11.6 Å². The van der Waals surface area contributed by atoms with Crippen LogP contribution in [0.15, 0.2) is 77.0 Å². The number of rotatable bonds is 5. The Bertz CT molecular complexity index is 1290. The Labute approximate surface area is 176 Å². The largest absolute Gasteiger partial charge is 0.301 e. The van der Waals surface area contributed by atoms with E-state index in [-0.39, 0.29) is 4.90 Å². The molecule has 29 heavy (non-hydrogen) atoms. The van der Waals surface area contributed by atoms with Gasteiger partial charge >= 0.3 is 0 Å². The van der Waals surface area contributed by atoms with Crippen molar-refractivity contribution < 1.29 is 13.2 Å². The predicted octanol–water partition coefficient (Wildman–Crippen LogP) is 5.03. The highest BCUT2D eigenvalue weighted by Gasteiger charge is 2.20. The second kappa shape index (κ2) is 7.94. The first-order valence-electron chi connectivity index (χ1n) is 8.64. The van der Waals surface area contributed by atoms with Gasteiger partial charge in [-0.25, -0.2) is 13.4 Å². The van der Waals surface area contributed by atoms with Crippen molar-refractivity contribution in [3.05, 3.63) is 77.1 Å². The summed E-state index contributed by atoms with van der Waals surface area (Å²) in [4.78, 5) is 16.8. The van der Waals surface area contributed by atoms with Gasteiger partial charge in [0, 0.05) is 16.0 Å². The number of nitrogens with zero attached hydrogens (tertiary/aromatic N) is 1. The second-order valence-electron chi connectivity index (χ2n) is 6.33. The number of sulfone groups is 1. The van der Waals surface area contributed by atoms with Crippen molar-refractivity contribution in [1.82, 2.24) is 4.98 Å². The van der Waals surface area contributed by atoms with Gasteiger partial charge in [-0.2, -0.15) is 0 Å². The summed E-state index contributed by atoms with van der Waals surface area (Å²) in [5.41, 5.74) is 1.68. The molecule has 0 aliphatic carbocycles. The van der Waals surface area contributed by atoms with Gasteiger partial charge in [-0.15, -0.1) is 11.3 Å². The molecule has 1 amide bonds. The van der Waals surface area contributed by atoms with Crippen LogP contribution in [0, 0.1) is 0 Å². The summed E-state index contributed by atoms with van der Waals surface area (Å²) in [5, 5.41) is 7.35. The highest BCUT2D eigenvalue weighted by Crippen LogP contribution is 2.31. The summed E-state index contributed by atoms with van der Waals surface area (Å²) in [6, 6.07) is 19.6. The molecule has 0 aliphatic heterocycles. The third kappa shape index (κ3) is 4.32. The number of hydrogen-bond acceptors (Lipinski definition) is 5. The molecule has 8 heteroatoms. The number of aromatic nitrogens is 1. The maximum absolute atomic E-state index is 12.4. The molecule has 0 spiro atoms. The molecule has 0 saturated carbocycles. The van der Waals surface area contributed by atoms with E-state index in [1.165, 1.54) is 35.6 Å². The van der Waals surface area contributed by atoms with Gasteiger partial charge in [0.15, 0.2) is 15.0 Å². The van der Waals surface area contributed by atoms with E-state index in [0.29, 0.717) is 10.2 Å². The van der Waals surface area contributed by atoms with Crippen molar-refractivity contribution >= 4 is 54.6 Å². The Hall–Kier alpha value is -2.74. The van der Waals surface area contributed by atoms with Crippen molar-refractivity contribution in [2.75, 3.05) is 11.1 Å². The second-order valence-corrected chi connectivity index (χ2v) is 9.61. The molecule has 0 saturated heterocycles. The maximum Gasteiger partial charge on any atom is 0.241 e. The van der Waals surface area contributed by atoms with Gasteiger partial charge < -0.3 is 5.32 Å². The minimum Gasteiger partial charge on any atom is -0.301 e. The molecule has 4 rings (SSSR count). The van der Waals surface area contributed by atoms with Crippen molar-refractivity contribution in [3.8, 4) is 11.3 Å². The highest BCUT2D eigenvalue weighted by molar-refractivity contribution is 7.92. The van der Waals surface area contributed by atoms with Crippen LogP contribution >= 0.6 is 22.9 Å². The lowest BCUT2D eigenvalue weighted by Gasteiger charge is -2.05. The SMILES string of the molecule is O=C(CS(=O)(=O)c1ccc(Cl)cc1)Nc1nc(-c2cccc3ccccc23)cs1. The Balaban J connectivity index is 1.52. The van der Waals surface area contributed by atoms with Crippen LogP contribution in [0.3, 0.4) is 0 Å². The number of carbonyl (C=O) groups excluding carboxylic acids is 1. The van der Waals surface area contributed by atoms with Gasteiger partial charge in [-0.3, -0.25) is 4.79 Å². The molecule has 3 aromatic carbocycles. The van der Waals surface area contributed by atoms with Gasteiger partial charge in [0.05, 0.1) is 10.6 Å².